The summed E-state index contributed by atoms with van der Waals surface area (Å²) >= 11 is 0. The summed E-state index contributed by atoms with van der Waals surface area (Å²) in [7, 11) is 1.90. The normalized spacial score (nSPS) is 9.31. The van der Waals surface area contributed by atoms with Crippen LogP contribution in [0.5, 0.6) is 0 Å². The molecule has 16 heavy (non-hydrogen) atoms. The SMILES string of the molecule is C#C/C(C)=C\N(C)C(=C)/C=C\C=C.CC.[Re]. The summed E-state index contributed by atoms with van der Waals surface area (Å²) in [5.41, 5.74) is 1.74. The minimum atomic E-state index is 0. The van der Waals surface area contributed by atoms with Gasteiger partial charge in [-0.2, -0.15) is 0 Å². The average molecular weight is 390 g/mol. The molecule has 89 valence electrons. The van der Waals surface area contributed by atoms with E-state index in [1.165, 1.54) is 0 Å². The molecule has 0 atom stereocenters. The van der Waals surface area contributed by atoms with E-state index < -0.39 is 0 Å². The summed E-state index contributed by atoms with van der Waals surface area (Å²) in [5.74, 6) is 2.54. The van der Waals surface area contributed by atoms with Crippen molar-refractivity contribution in [1.29, 1.82) is 0 Å². The molecule has 0 aromatic rings. The van der Waals surface area contributed by atoms with E-state index in [2.05, 4.69) is 19.1 Å². The van der Waals surface area contributed by atoms with Gasteiger partial charge in [0.1, 0.15) is 0 Å². The van der Waals surface area contributed by atoms with Crippen LogP contribution >= 0.6 is 0 Å². The second kappa shape index (κ2) is 14.0. The smallest absolute Gasteiger partial charge is 0.0330 e. The van der Waals surface area contributed by atoms with Crippen LogP contribution in [0.25, 0.3) is 0 Å². The number of allylic oxidation sites excluding steroid dienone is 4. The molecule has 0 heterocycles. The number of terminal acetylenes is 1. The fourth-order valence-electron chi connectivity index (χ4n) is 0.707. The van der Waals surface area contributed by atoms with E-state index >= 15 is 0 Å². The van der Waals surface area contributed by atoms with Gasteiger partial charge >= 0.3 is 0 Å². The van der Waals surface area contributed by atoms with Crippen molar-refractivity contribution < 1.29 is 20.4 Å². The zero-order valence-electron chi connectivity index (χ0n) is 10.6. The topological polar surface area (TPSA) is 3.24 Å². The summed E-state index contributed by atoms with van der Waals surface area (Å²) in [5, 5.41) is 0. The molecule has 0 amide bonds. The number of rotatable bonds is 4. The Labute approximate surface area is 114 Å². The molecule has 0 bridgehead atoms. The van der Waals surface area contributed by atoms with Crippen LogP contribution in [0.3, 0.4) is 0 Å². The van der Waals surface area contributed by atoms with Gasteiger partial charge in [0.15, 0.2) is 0 Å². The Morgan fingerprint density at radius 2 is 1.88 bits per heavy atom. The largest absolute Gasteiger partial charge is 0.351 e. The van der Waals surface area contributed by atoms with Gasteiger partial charge in [0.2, 0.25) is 0 Å². The van der Waals surface area contributed by atoms with E-state index in [1.54, 1.807) is 6.08 Å². The van der Waals surface area contributed by atoms with Gasteiger partial charge in [0.25, 0.3) is 0 Å². The van der Waals surface area contributed by atoms with Gasteiger partial charge in [-0.3, -0.25) is 0 Å². The van der Waals surface area contributed by atoms with Gasteiger partial charge in [-0.1, -0.05) is 45.1 Å². The molecule has 1 nitrogen and oxygen atoms in total. The standard InChI is InChI=1S/C12H15N.C2H6.Re/c1-6-8-9-12(4)13(5)10-11(3)7-2;1-2;/h2,6,8-10H,1,4H2,3,5H3;1-2H3;/b9-8-,11-10-;;. The molecule has 0 aromatic carbocycles. The Morgan fingerprint density at radius 1 is 1.38 bits per heavy atom. The fourth-order valence-corrected chi connectivity index (χ4v) is 0.707. The molecule has 0 saturated carbocycles. The van der Waals surface area contributed by atoms with Gasteiger partial charge in [0, 0.05) is 44.9 Å². The molecule has 0 fully saturated rings. The maximum absolute atomic E-state index is 5.21. The van der Waals surface area contributed by atoms with Crippen molar-refractivity contribution in [2.45, 2.75) is 20.8 Å². The Hall–Kier alpha value is -1.02. The van der Waals surface area contributed by atoms with E-state index in [4.69, 9.17) is 6.42 Å². The van der Waals surface area contributed by atoms with Crippen LogP contribution in [0.1, 0.15) is 20.8 Å². The third-order valence-corrected chi connectivity index (χ3v) is 1.49. The zero-order chi connectivity index (χ0) is 12.3. The van der Waals surface area contributed by atoms with Crippen molar-refractivity contribution >= 4 is 0 Å². The van der Waals surface area contributed by atoms with E-state index in [-0.39, 0.29) is 20.4 Å². The molecule has 2 heteroatoms. The first-order chi connectivity index (χ1) is 7.11. The van der Waals surface area contributed by atoms with Crippen LogP contribution in [0, 0.1) is 12.3 Å². The average Bonchev–Trinajstić information content (AvgIpc) is 2.28. The Bertz CT molecular complexity index is 292. The van der Waals surface area contributed by atoms with E-state index in [0.29, 0.717) is 0 Å². The third-order valence-electron chi connectivity index (χ3n) is 1.49. The van der Waals surface area contributed by atoms with Crippen LogP contribution < -0.4 is 0 Å². The number of likely N-dealkylation sites (N-methyl/N-ethyl adjacent to an activating group) is 1. The molecule has 0 rings (SSSR count). The molecule has 0 aromatic heterocycles. The first kappa shape index (κ1) is 20.4. The first-order valence-electron chi connectivity index (χ1n) is 4.97. The molecule has 1 radical (unpaired) electrons. The van der Waals surface area contributed by atoms with Crippen LogP contribution in [-0.2, 0) is 20.4 Å². The van der Waals surface area contributed by atoms with Crippen molar-refractivity contribution in [1.82, 2.24) is 4.90 Å². The first-order valence-corrected chi connectivity index (χ1v) is 4.97. The van der Waals surface area contributed by atoms with Gasteiger partial charge in [0.05, 0.1) is 0 Å². The van der Waals surface area contributed by atoms with E-state index in [0.717, 1.165) is 11.3 Å². The minimum Gasteiger partial charge on any atom is -0.351 e. The quantitative estimate of drug-likeness (QED) is 0.523. The molecule has 0 aliphatic heterocycles. The molecule has 0 unspecified atom stereocenters. The van der Waals surface area contributed by atoms with Gasteiger partial charge in [-0.25, -0.2) is 0 Å². The van der Waals surface area contributed by atoms with Crippen LogP contribution in [-0.4, -0.2) is 11.9 Å². The van der Waals surface area contributed by atoms with Gasteiger partial charge in [-0.15, -0.1) is 6.42 Å². The summed E-state index contributed by atoms with van der Waals surface area (Å²) in [6.07, 6.45) is 12.5. The maximum Gasteiger partial charge on any atom is 0.0330 e. The van der Waals surface area contributed by atoms with Crippen molar-refractivity contribution in [3.63, 3.8) is 0 Å². The Kier molecular flexibility index (Phi) is 17.8. The zero-order valence-corrected chi connectivity index (χ0v) is 13.3. The van der Waals surface area contributed by atoms with Crippen molar-refractivity contribution in [3.05, 3.63) is 48.9 Å². The predicted molar refractivity (Wildman–Crippen MR) is 70.2 cm³/mol. The number of hydrogen-bond acceptors (Lipinski definition) is 1. The summed E-state index contributed by atoms with van der Waals surface area (Å²) in [6, 6.07) is 0. The van der Waals surface area contributed by atoms with Crippen molar-refractivity contribution in [3.8, 4) is 12.3 Å². The molecule has 0 aliphatic carbocycles. The maximum atomic E-state index is 5.21. The third kappa shape index (κ3) is 11.1. The molecule has 0 aliphatic rings. The second-order valence-corrected chi connectivity index (χ2v) is 2.65. The van der Waals surface area contributed by atoms with Gasteiger partial charge < -0.3 is 4.90 Å². The molecule has 0 saturated heterocycles. The Morgan fingerprint density at radius 3 is 2.25 bits per heavy atom. The summed E-state index contributed by atoms with van der Waals surface area (Å²) < 4.78 is 0. The second-order valence-electron chi connectivity index (χ2n) is 2.65. The van der Waals surface area contributed by atoms with Crippen molar-refractivity contribution in [2.24, 2.45) is 0 Å². The Balaban J connectivity index is -0.000000529. The molecule has 0 spiro atoms. The number of hydrogen-bond donors (Lipinski definition) is 0. The summed E-state index contributed by atoms with van der Waals surface area (Å²) in [4.78, 5) is 1.87. The van der Waals surface area contributed by atoms with Crippen LogP contribution in [0.4, 0.5) is 0 Å². The van der Waals surface area contributed by atoms with E-state index in [1.807, 2.05) is 51.1 Å². The van der Waals surface area contributed by atoms with Crippen molar-refractivity contribution in [2.75, 3.05) is 7.05 Å². The van der Waals surface area contributed by atoms with E-state index in [9.17, 15) is 0 Å². The fraction of sp³-hybridized carbons (Fsp3) is 0.286. The van der Waals surface area contributed by atoms with Crippen LogP contribution in [0.2, 0.25) is 0 Å². The predicted octanol–water partition coefficient (Wildman–Crippen LogP) is 3.73. The number of nitrogens with zero attached hydrogens (tertiary/aromatic N) is 1. The minimum absolute atomic E-state index is 0. The molecular weight excluding hydrogens is 368 g/mol. The summed E-state index contributed by atoms with van der Waals surface area (Å²) in [6.45, 7) is 13.3. The van der Waals surface area contributed by atoms with Gasteiger partial charge in [-0.05, 0) is 13.0 Å². The molecule has 0 N–H and O–H groups in total. The molecular formula is C14H21NRe. The van der Waals surface area contributed by atoms with Crippen LogP contribution in [0.15, 0.2) is 48.9 Å². The monoisotopic (exact) mass is 390 g/mol.